The van der Waals surface area contributed by atoms with E-state index in [1.165, 1.54) is 0 Å². The van der Waals surface area contributed by atoms with Crippen molar-refractivity contribution in [3.63, 3.8) is 0 Å². The van der Waals surface area contributed by atoms with Gasteiger partial charge in [0, 0.05) is 11.3 Å². The second-order valence-electron chi connectivity index (χ2n) is 2.68. The summed E-state index contributed by atoms with van der Waals surface area (Å²) in [5.41, 5.74) is 2.82. The lowest BCUT2D eigenvalue weighted by atomic mass is 10.1. The minimum Gasteiger partial charge on any atom is -0.382 e. The first-order valence-corrected chi connectivity index (χ1v) is 4.92. The molecule has 2 nitrogen and oxygen atoms in total. The first-order valence-electron chi connectivity index (χ1n) is 3.67. The van der Waals surface area contributed by atoms with Gasteiger partial charge in [-0.15, -0.1) is 0 Å². The summed E-state index contributed by atoms with van der Waals surface area (Å²) in [4.78, 5) is 0. The van der Waals surface area contributed by atoms with Crippen molar-refractivity contribution >= 4 is 28.3 Å². The molecule has 0 saturated heterocycles. The van der Waals surface area contributed by atoms with Crippen LogP contribution in [0.5, 0.6) is 0 Å². The highest BCUT2D eigenvalue weighted by molar-refractivity contribution is 14.1. The van der Waals surface area contributed by atoms with E-state index in [0.29, 0.717) is 0 Å². The van der Waals surface area contributed by atoms with E-state index in [2.05, 4.69) is 27.9 Å². The van der Waals surface area contributed by atoms with Gasteiger partial charge in [0.05, 0.1) is 5.70 Å². The molecule has 2 rings (SSSR count). The maximum absolute atomic E-state index is 9.71. The minimum absolute atomic E-state index is 0.474. The Kier molecular flexibility index (Phi) is 2.06. The van der Waals surface area contributed by atoms with Gasteiger partial charge in [-0.2, -0.15) is 0 Å². The smallest absolute Gasteiger partial charge is 0.121 e. The number of anilines is 1. The van der Waals surface area contributed by atoms with E-state index < -0.39 is 6.10 Å². The lowest BCUT2D eigenvalue weighted by Gasteiger charge is -2.01. The second-order valence-corrected chi connectivity index (χ2v) is 3.30. The van der Waals surface area contributed by atoms with Gasteiger partial charge in [-0.1, -0.05) is 40.8 Å². The van der Waals surface area contributed by atoms with Crippen LogP contribution in [0.15, 0.2) is 34.0 Å². The molecule has 0 spiro atoms. The Morgan fingerprint density at radius 1 is 1.42 bits per heavy atom. The van der Waals surface area contributed by atoms with Crippen molar-refractivity contribution in [2.45, 2.75) is 6.10 Å². The number of aliphatic hydroxyl groups excluding tert-OH is 1. The quantitative estimate of drug-likeness (QED) is 0.711. The SMILES string of the molecule is OC1/C(=C\I)Nc2ccccc21. The van der Waals surface area contributed by atoms with Gasteiger partial charge in [0.2, 0.25) is 0 Å². The van der Waals surface area contributed by atoms with E-state index in [1.54, 1.807) is 0 Å². The van der Waals surface area contributed by atoms with E-state index in [4.69, 9.17) is 0 Å². The fourth-order valence-corrected chi connectivity index (χ4v) is 1.82. The third kappa shape index (κ3) is 1.13. The molecule has 1 aliphatic heterocycles. The molecule has 2 N–H and O–H groups in total. The van der Waals surface area contributed by atoms with Crippen LogP contribution in [0.3, 0.4) is 0 Å². The summed E-state index contributed by atoms with van der Waals surface area (Å²) in [6.07, 6.45) is -0.474. The van der Waals surface area contributed by atoms with Gasteiger partial charge in [0.1, 0.15) is 6.10 Å². The summed E-state index contributed by atoms with van der Waals surface area (Å²) in [5, 5.41) is 12.8. The van der Waals surface area contributed by atoms with Crippen molar-refractivity contribution < 1.29 is 5.11 Å². The molecule has 0 radical (unpaired) electrons. The Hall–Kier alpha value is -0.550. The van der Waals surface area contributed by atoms with E-state index >= 15 is 0 Å². The van der Waals surface area contributed by atoms with Crippen LogP contribution in [-0.4, -0.2) is 5.11 Å². The predicted molar refractivity (Wildman–Crippen MR) is 57.1 cm³/mol. The molecule has 0 aromatic heterocycles. The number of benzene rings is 1. The topological polar surface area (TPSA) is 32.3 Å². The highest BCUT2D eigenvalue weighted by Crippen LogP contribution is 2.36. The lowest BCUT2D eigenvalue weighted by molar-refractivity contribution is 0.224. The molecule has 1 unspecified atom stereocenters. The van der Waals surface area contributed by atoms with Gasteiger partial charge in [-0.05, 0) is 10.1 Å². The minimum atomic E-state index is -0.474. The number of aliphatic hydroxyl groups is 1. The number of hydrogen-bond donors (Lipinski definition) is 2. The number of fused-ring (bicyclic) bond motifs is 1. The van der Waals surface area contributed by atoms with E-state index in [1.807, 2.05) is 28.3 Å². The summed E-state index contributed by atoms with van der Waals surface area (Å²) < 4.78 is 1.86. The standard InChI is InChI=1S/C9H8INO/c10-5-8-9(12)6-3-1-2-4-7(6)11-8/h1-5,9,11-12H/b8-5+. The van der Waals surface area contributed by atoms with Gasteiger partial charge in [-0.3, -0.25) is 0 Å². The summed E-state index contributed by atoms with van der Waals surface area (Å²) >= 11 is 2.12. The van der Waals surface area contributed by atoms with Gasteiger partial charge < -0.3 is 10.4 Å². The molecular weight excluding hydrogens is 265 g/mol. The van der Waals surface area contributed by atoms with Crippen molar-refractivity contribution in [3.8, 4) is 0 Å². The number of nitrogens with one attached hydrogen (secondary N) is 1. The fraction of sp³-hybridized carbons (Fsp3) is 0.111. The molecule has 0 bridgehead atoms. The third-order valence-corrected chi connectivity index (χ3v) is 2.62. The van der Waals surface area contributed by atoms with Crippen LogP contribution < -0.4 is 5.32 Å². The van der Waals surface area contributed by atoms with E-state index in [-0.39, 0.29) is 0 Å². The van der Waals surface area contributed by atoms with Crippen molar-refractivity contribution in [1.29, 1.82) is 0 Å². The lowest BCUT2D eigenvalue weighted by Crippen LogP contribution is -1.96. The van der Waals surface area contributed by atoms with Crippen molar-refractivity contribution in [3.05, 3.63) is 39.6 Å². The second kappa shape index (κ2) is 3.06. The molecule has 3 heteroatoms. The fourth-order valence-electron chi connectivity index (χ4n) is 1.33. The molecule has 12 heavy (non-hydrogen) atoms. The third-order valence-electron chi connectivity index (χ3n) is 1.95. The average Bonchev–Trinajstić information content (AvgIpc) is 2.44. The number of para-hydroxylation sites is 1. The van der Waals surface area contributed by atoms with Crippen LogP contribution in [-0.2, 0) is 0 Å². The normalized spacial score (nSPS) is 23.8. The van der Waals surface area contributed by atoms with Crippen LogP contribution in [0, 0.1) is 0 Å². The van der Waals surface area contributed by atoms with Crippen LogP contribution in [0.4, 0.5) is 5.69 Å². The summed E-state index contributed by atoms with van der Waals surface area (Å²) in [5.74, 6) is 0. The van der Waals surface area contributed by atoms with Crippen molar-refractivity contribution in [2.75, 3.05) is 5.32 Å². The van der Waals surface area contributed by atoms with Gasteiger partial charge in [0.25, 0.3) is 0 Å². The molecular formula is C9H8INO. The Balaban J connectivity index is 2.49. The highest BCUT2D eigenvalue weighted by Gasteiger charge is 2.23. The van der Waals surface area contributed by atoms with E-state index in [0.717, 1.165) is 16.9 Å². The molecule has 1 atom stereocenters. The maximum Gasteiger partial charge on any atom is 0.121 e. The zero-order valence-electron chi connectivity index (χ0n) is 6.29. The molecule has 1 aromatic rings. The van der Waals surface area contributed by atoms with Gasteiger partial charge >= 0.3 is 0 Å². The molecule has 1 heterocycles. The summed E-state index contributed by atoms with van der Waals surface area (Å²) in [6, 6.07) is 7.78. The van der Waals surface area contributed by atoms with Gasteiger partial charge in [0.15, 0.2) is 0 Å². The number of rotatable bonds is 0. The largest absolute Gasteiger partial charge is 0.382 e. The molecule has 0 aliphatic carbocycles. The van der Waals surface area contributed by atoms with Crippen molar-refractivity contribution in [1.82, 2.24) is 0 Å². The van der Waals surface area contributed by atoms with Crippen LogP contribution >= 0.6 is 22.6 Å². The number of halogens is 1. The first kappa shape index (κ1) is 8.07. The maximum atomic E-state index is 9.71. The molecule has 1 aromatic carbocycles. The van der Waals surface area contributed by atoms with Crippen LogP contribution in [0.25, 0.3) is 0 Å². The van der Waals surface area contributed by atoms with E-state index in [9.17, 15) is 5.11 Å². The molecule has 0 fully saturated rings. The predicted octanol–water partition coefficient (Wildman–Crippen LogP) is 2.42. The van der Waals surface area contributed by atoms with Gasteiger partial charge in [-0.25, -0.2) is 0 Å². The number of hydrogen-bond acceptors (Lipinski definition) is 2. The highest BCUT2D eigenvalue weighted by atomic mass is 127. The Labute approximate surface area is 84.4 Å². The molecule has 62 valence electrons. The zero-order valence-corrected chi connectivity index (χ0v) is 8.45. The average molecular weight is 273 g/mol. The molecule has 0 saturated carbocycles. The first-order chi connectivity index (χ1) is 5.83. The molecule has 0 amide bonds. The summed E-state index contributed by atoms with van der Waals surface area (Å²) in [6.45, 7) is 0. The van der Waals surface area contributed by atoms with Crippen LogP contribution in [0.1, 0.15) is 11.7 Å². The van der Waals surface area contributed by atoms with Crippen molar-refractivity contribution in [2.24, 2.45) is 0 Å². The Bertz CT molecular complexity index is 335. The summed E-state index contributed by atoms with van der Waals surface area (Å²) in [7, 11) is 0. The molecule has 1 aliphatic rings. The zero-order chi connectivity index (χ0) is 8.55. The Morgan fingerprint density at radius 3 is 2.83 bits per heavy atom. The Morgan fingerprint density at radius 2 is 2.17 bits per heavy atom. The van der Waals surface area contributed by atoms with Crippen LogP contribution in [0.2, 0.25) is 0 Å². The monoisotopic (exact) mass is 273 g/mol.